The molecule has 0 bridgehead atoms. The summed E-state index contributed by atoms with van der Waals surface area (Å²) in [6.07, 6.45) is 1.14. The fourth-order valence-corrected chi connectivity index (χ4v) is 4.58. The molecule has 1 aromatic heterocycles. The number of fused-ring (bicyclic) bond motifs is 1. The van der Waals surface area contributed by atoms with Crippen LogP contribution in [0.15, 0.2) is 77.7 Å². The van der Waals surface area contributed by atoms with Gasteiger partial charge in [-0.15, -0.1) is 0 Å². The lowest BCUT2D eigenvalue weighted by molar-refractivity contribution is 0.0994. The zero-order valence-electron chi connectivity index (χ0n) is 18.0. The number of benzene rings is 3. The normalized spacial score (nSPS) is 12.2. The highest BCUT2D eigenvalue weighted by Crippen LogP contribution is 2.34. The number of hydrogen-bond donors (Lipinski definition) is 1. The van der Waals surface area contributed by atoms with Crippen molar-refractivity contribution in [2.75, 3.05) is 6.26 Å². The third kappa shape index (κ3) is 3.80. The highest BCUT2D eigenvalue weighted by atomic mass is 32.2. The van der Waals surface area contributed by atoms with E-state index >= 15 is 0 Å². The summed E-state index contributed by atoms with van der Waals surface area (Å²) in [6.45, 7) is 4.06. The number of aromatic nitrogens is 1. The lowest BCUT2D eigenvalue weighted by Crippen LogP contribution is -2.20. The average molecular weight is 451 g/mol. The van der Waals surface area contributed by atoms with Crippen molar-refractivity contribution in [2.45, 2.75) is 24.2 Å². The van der Waals surface area contributed by atoms with Crippen LogP contribution in [0.2, 0.25) is 0 Å². The minimum atomic E-state index is -3.44. The van der Waals surface area contributed by atoms with Gasteiger partial charge in [0.1, 0.15) is 11.5 Å². The molecular weight excluding hydrogens is 427 g/mol. The van der Waals surface area contributed by atoms with Crippen LogP contribution >= 0.6 is 0 Å². The Balaban J connectivity index is 1.94. The molecule has 3 aromatic carbocycles. The van der Waals surface area contributed by atoms with Gasteiger partial charge in [-0.3, -0.25) is 4.79 Å². The standard InChI is InChI=1S/C25H23FN2O3S/c1-25(2,17-8-10-19(26)11-9-17)18-5-4-6-20(14-18)28-22-15-21(32(3,30)31)12-7-16(22)13-23(28)24(27)29/h4-15H,1-3H3,(H2,27,29). The number of primary amides is 1. The molecular formula is C25H23FN2O3S. The van der Waals surface area contributed by atoms with Crippen LogP contribution in [-0.4, -0.2) is 25.1 Å². The van der Waals surface area contributed by atoms with Crippen LogP contribution in [0.1, 0.15) is 35.5 Å². The molecule has 2 N–H and O–H groups in total. The number of carbonyl (C=O) groups excluding carboxylic acids is 1. The quantitative estimate of drug-likeness (QED) is 0.483. The maximum Gasteiger partial charge on any atom is 0.265 e. The summed E-state index contributed by atoms with van der Waals surface area (Å²) >= 11 is 0. The molecule has 5 nitrogen and oxygen atoms in total. The van der Waals surface area contributed by atoms with Crippen molar-refractivity contribution in [3.8, 4) is 5.69 Å². The molecule has 0 spiro atoms. The summed E-state index contributed by atoms with van der Waals surface area (Å²) in [7, 11) is -3.44. The summed E-state index contributed by atoms with van der Waals surface area (Å²) < 4.78 is 39.3. The van der Waals surface area contributed by atoms with Gasteiger partial charge >= 0.3 is 0 Å². The van der Waals surface area contributed by atoms with Crippen LogP contribution in [0.4, 0.5) is 4.39 Å². The predicted molar refractivity (Wildman–Crippen MR) is 123 cm³/mol. The molecule has 0 fully saturated rings. The first kappa shape index (κ1) is 21.8. The summed E-state index contributed by atoms with van der Waals surface area (Å²) in [6, 6.07) is 20.3. The summed E-state index contributed by atoms with van der Waals surface area (Å²) in [4.78, 5) is 12.4. The number of hydrogen-bond acceptors (Lipinski definition) is 3. The van der Waals surface area contributed by atoms with Gasteiger partial charge in [-0.25, -0.2) is 12.8 Å². The van der Waals surface area contributed by atoms with Crippen LogP contribution in [-0.2, 0) is 15.3 Å². The van der Waals surface area contributed by atoms with Gasteiger partial charge in [0.25, 0.3) is 5.91 Å². The molecule has 0 aliphatic rings. The number of carbonyl (C=O) groups is 1. The van der Waals surface area contributed by atoms with E-state index in [4.69, 9.17) is 5.73 Å². The maximum absolute atomic E-state index is 13.4. The zero-order valence-corrected chi connectivity index (χ0v) is 18.8. The van der Waals surface area contributed by atoms with Crippen molar-refractivity contribution in [3.63, 3.8) is 0 Å². The first-order chi connectivity index (χ1) is 15.0. The van der Waals surface area contributed by atoms with Gasteiger partial charge < -0.3 is 10.3 Å². The Bertz CT molecular complexity index is 1450. The van der Waals surface area contributed by atoms with E-state index in [-0.39, 0.29) is 16.4 Å². The van der Waals surface area contributed by atoms with Crippen LogP contribution in [0.25, 0.3) is 16.6 Å². The molecule has 0 atom stereocenters. The molecule has 1 heterocycles. The van der Waals surface area contributed by atoms with Crippen LogP contribution in [0, 0.1) is 5.82 Å². The number of halogens is 1. The van der Waals surface area contributed by atoms with Crippen LogP contribution < -0.4 is 5.73 Å². The number of nitrogens with two attached hydrogens (primary N) is 1. The van der Waals surface area contributed by atoms with Gasteiger partial charge in [-0.05, 0) is 53.6 Å². The van der Waals surface area contributed by atoms with E-state index in [0.29, 0.717) is 16.6 Å². The second-order valence-electron chi connectivity index (χ2n) is 8.40. The van der Waals surface area contributed by atoms with Crippen LogP contribution in [0.3, 0.4) is 0 Å². The van der Waals surface area contributed by atoms with E-state index in [1.54, 1.807) is 34.9 Å². The minimum absolute atomic E-state index is 0.156. The van der Waals surface area contributed by atoms with Gasteiger partial charge in [0.2, 0.25) is 0 Å². The van der Waals surface area contributed by atoms with Gasteiger partial charge in [0.15, 0.2) is 9.84 Å². The summed E-state index contributed by atoms with van der Waals surface area (Å²) in [5.74, 6) is -0.921. The van der Waals surface area contributed by atoms with E-state index in [1.165, 1.54) is 18.2 Å². The molecule has 32 heavy (non-hydrogen) atoms. The Morgan fingerprint density at radius 2 is 1.62 bits per heavy atom. The Morgan fingerprint density at radius 3 is 2.25 bits per heavy atom. The molecule has 4 rings (SSSR count). The SMILES string of the molecule is CC(C)(c1ccc(F)cc1)c1cccc(-n2c(C(N)=O)cc3ccc(S(C)(=O)=O)cc32)c1. The molecule has 0 aliphatic carbocycles. The molecule has 7 heteroatoms. The van der Waals surface area contributed by atoms with Crippen LogP contribution in [0.5, 0.6) is 0 Å². The number of amides is 1. The molecule has 164 valence electrons. The second-order valence-corrected chi connectivity index (χ2v) is 10.4. The zero-order chi connectivity index (χ0) is 23.3. The Labute approximate surface area is 186 Å². The molecule has 0 aliphatic heterocycles. The van der Waals surface area contributed by atoms with Gasteiger partial charge in [0, 0.05) is 22.7 Å². The highest BCUT2D eigenvalue weighted by molar-refractivity contribution is 7.90. The van der Waals surface area contributed by atoms with E-state index in [0.717, 1.165) is 17.4 Å². The van der Waals surface area contributed by atoms with Crippen molar-refractivity contribution in [1.29, 1.82) is 0 Å². The average Bonchev–Trinajstić information content (AvgIpc) is 3.13. The minimum Gasteiger partial charge on any atom is -0.364 e. The fraction of sp³-hybridized carbons (Fsp3) is 0.160. The molecule has 1 amide bonds. The van der Waals surface area contributed by atoms with E-state index in [1.807, 2.05) is 38.1 Å². The first-order valence-corrected chi connectivity index (χ1v) is 11.9. The second kappa shape index (κ2) is 7.60. The molecule has 0 radical (unpaired) electrons. The van der Waals surface area contributed by atoms with Gasteiger partial charge in [0.05, 0.1) is 10.4 Å². The van der Waals surface area contributed by atoms with Crippen molar-refractivity contribution in [3.05, 3.63) is 95.4 Å². The lowest BCUT2D eigenvalue weighted by Gasteiger charge is -2.27. The summed E-state index contributed by atoms with van der Waals surface area (Å²) in [5.41, 5.74) is 8.58. The third-order valence-electron chi connectivity index (χ3n) is 5.85. The number of nitrogens with zero attached hydrogens (tertiary/aromatic N) is 1. The Kier molecular flexibility index (Phi) is 5.17. The fourth-order valence-electron chi connectivity index (χ4n) is 3.94. The smallest absolute Gasteiger partial charge is 0.265 e. The molecule has 0 saturated heterocycles. The van der Waals surface area contributed by atoms with Crippen molar-refractivity contribution in [2.24, 2.45) is 5.73 Å². The number of sulfone groups is 1. The maximum atomic E-state index is 13.4. The van der Waals surface area contributed by atoms with E-state index < -0.39 is 21.2 Å². The Morgan fingerprint density at radius 1 is 0.938 bits per heavy atom. The van der Waals surface area contributed by atoms with Gasteiger partial charge in [-0.1, -0.05) is 44.2 Å². The van der Waals surface area contributed by atoms with Crippen molar-refractivity contribution < 1.29 is 17.6 Å². The van der Waals surface area contributed by atoms with E-state index in [2.05, 4.69) is 0 Å². The topological polar surface area (TPSA) is 82.2 Å². The highest BCUT2D eigenvalue weighted by Gasteiger charge is 2.24. The van der Waals surface area contributed by atoms with E-state index in [9.17, 15) is 17.6 Å². The monoisotopic (exact) mass is 450 g/mol. The Hall–Kier alpha value is -3.45. The largest absolute Gasteiger partial charge is 0.364 e. The summed E-state index contributed by atoms with van der Waals surface area (Å²) in [5, 5.41) is 0.703. The lowest BCUT2D eigenvalue weighted by atomic mass is 9.78. The van der Waals surface area contributed by atoms with Gasteiger partial charge in [-0.2, -0.15) is 0 Å². The molecule has 0 unspecified atom stereocenters. The molecule has 0 saturated carbocycles. The third-order valence-corrected chi connectivity index (χ3v) is 6.96. The number of rotatable bonds is 5. The predicted octanol–water partition coefficient (Wildman–Crippen LogP) is 4.60. The van der Waals surface area contributed by atoms with Crippen molar-refractivity contribution in [1.82, 2.24) is 4.57 Å². The first-order valence-electron chi connectivity index (χ1n) is 10.0. The molecule has 4 aromatic rings. The van der Waals surface area contributed by atoms with Crippen molar-refractivity contribution >= 4 is 26.6 Å².